The molecule has 3 rings (SSSR count). The van der Waals surface area contributed by atoms with Crippen LogP contribution in [0.1, 0.15) is 50.5 Å². The maximum absolute atomic E-state index is 13.1. The molecule has 0 bridgehead atoms. The Kier molecular flexibility index (Phi) is 7.53. The van der Waals surface area contributed by atoms with Crippen LogP contribution in [0.15, 0.2) is 28.7 Å². The van der Waals surface area contributed by atoms with Gasteiger partial charge in [0.05, 0.1) is 5.92 Å². The van der Waals surface area contributed by atoms with E-state index in [0.717, 1.165) is 42.1 Å². The molecule has 0 radical (unpaired) electrons. The minimum Gasteiger partial charge on any atom is -0.352 e. The van der Waals surface area contributed by atoms with Gasteiger partial charge in [0.25, 0.3) is 10.2 Å². The third-order valence-corrected chi connectivity index (χ3v) is 8.73. The number of hydrogen-bond acceptors (Lipinski definition) is 3. The first-order valence-electron chi connectivity index (χ1n) is 10.1. The highest BCUT2D eigenvalue weighted by Gasteiger charge is 2.37. The predicted molar refractivity (Wildman–Crippen MR) is 114 cm³/mol. The zero-order chi connectivity index (χ0) is 20.1. The van der Waals surface area contributed by atoms with E-state index in [1.54, 1.807) is 11.4 Å². The number of hydrogen-bond donors (Lipinski definition) is 1. The number of nitrogens with one attached hydrogen (secondary N) is 1. The van der Waals surface area contributed by atoms with Crippen molar-refractivity contribution in [2.45, 2.75) is 57.5 Å². The van der Waals surface area contributed by atoms with Crippen LogP contribution in [0.3, 0.4) is 0 Å². The fourth-order valence-electron chi connectivity index (χ4n) is 4.15. The number of carbonyl (C=O) groups excluding carboxylic acids is 1. The van der Waals surface area contributed by atoms with E-state index in [2.05, 4.69) is 21.2 Å². The second-order valence-corrected chi connectivity index (χ2v) is 10.7. The van der Waals surface area contributed by atoms with E-state index in [1.165, 1.54) is 10.7 Å². The molecule has 1 amide bonds. The fourth-order valence-corrected chi connectivity index (χ4v) is 6.25. The molecule has 1 N–H and O–H groups in total. The highest BCUT2D eigenvalue weighted by atomic mass is 79.9. The molecule has 6 nitrogen and oxygen atoms in total. The molecular formula is C20H30BrN3O3S. The van der Waals surface area contributed by atoms with Gasteiger partial charge in [0.1, 0.15) is 0 Å². The van der Waals surface area contributed by atoms with Gasteiger partial charge in [0.15, 0.2) is 0 Å². The quantitative estimate of drug-likeness (QED) is 0.691. The summed E-state index contributed by atoms with van der Waals surface area (Å²) in [6.45, 7) is 1.19. The van der Waals surface area contributed by atoms with E-state index in [9.17, 15) is 13.2 Å². The number of rotatable bonds is 6. The van der Waals surface area contributed by atoms with Crippen LogP contribution < -0.4 is 5.32 Å². The summed E-state index contributed by atoms with van der Waals surface area (Å²) < 4.78 is 30.2. The van der Waals surface area contributed by atoms with E-state index in [0.29, 0.717) is 19.5 Å². The van der Waals surface area contributed by atoms with Crippen LogP contribution >= 0.6 is 15.9 Å². The number of nitrogens with zero attached hydrogens (tertiary/aromatic N) is 2. The van der Waals surface area contributed by atoms with E-state index in [4.69, 9.17) is 0 Å². The van der Waals surface area contributed by atoms with Crippen LogP contribution in [-0.4, -0.2) is 49.1 Å². The average molecular weight is 472 g/mol. The first kappa shape index (κ1) is 21.7. The molecule has 1 aromatic rings. The standard InChI is InChI=1S/C20H30BrN3O3S/c1-23(18-10-3-2-4-11-18)28(26,27)24-13-7-9-17(15-24)20(25)22-14-16-8-5-6-12-19(16)21/h5-6,8,12,17-18H,2-4,7,9-11,13-15H2,1H3,(H,22,25)/t17-/m1/s1. The number of carbonyl (C=O) groups is 1. The maximum atomic E-state index is 13.1. The van der Waals surface area contributed by atoms with Gasteiger partial charge >= 0.3 is 0 Å². The minimum atomic E-state index is -3.52. The van der Waals surface area contributed by atoms with Crippen molar-refractivity contribution in [3.63, 3.8) is 0 Å². The molecule has 1 heterocycles. The Balaban J connectivity index is 1.59. The lowest BCUT2D eigenvalue weighted by Gasteiger charge is -2.37. The van der Waals surface area contributed by atoms with Crippen molar-refractivity contribution in [3.05, 3.63) is 34.3 Å². The molecule has 1 saturated heterocycles. The molecule has 1 atom stereocenters. The van der Waals surface area contributed by atoms with Gasteiger partial charge in [-0.1, -0.05) is 53.4 Å². The van der Waals surface area contributed by atoms with Crippen LogP contribution in [0.4, 0.5) is 0 Å². The van der Waals surface area contributed by atoms with Gasteiger partial charge < -0.3 is 5.32 Å². The minimum absolute atomic E-state index is 0.0732. The van der Waals surface area contributed by atoms with Crippen LogP contribution in [0.25, 0.3) is 0 Å². The average Bonchev–Trinajstić information content (AvgIpc) is 2.73. The van der Waals surface area contributed by atoms with E-state index < -0.39 is 10.2 Å². The first-order valence-corrected chi connectivity index (χ1v) is 12.3. The molecular weight excluding hydrogens is 442 g/mol. The molecule has 1 saturated carbocycles. The van der Waals surface area contributed by atoms with E-state index in [1.807, 2.05) is 24.3 Å². The van der Waals surface area contributed by atoms with Gasteiger partial charge in [-0.25, -0.2) is 0 Å². The summed E-state index contributed by atoms with van der Waals surface area (Å²) in [6.07, 6.45) is 6.66. The highest BCUT2D eigenvalue weighted by Crippen LogP contribution is 2.27. The van der Waals surface area contributed by atoms with Gasteiger partial charge in [0, 0.05) is 37.2 Å². The molecule has 2 aliphatic rings. The van der Waals surface area contributed by atoms with Crippen LogP contribution in [-0.2, 0) is 21.5 Å². The Hall–Kier alpha value is -0.960. The Bertz CT molecular complexity index is 781. The van der Waals surface area contributed by atoms with Gasteiger partial charge in [-0.3, -0.25) is 4.79 Å². The summed E-state index contributed by atoms with van der Waals surface area (Å²) in [5.74, 6) is -0.373. The predicted octanol–water partition coefficient (Wildman–Crippen LogP) is 3.29. The second kappa shape index (κ2) is 9.69. The molecule has 0 aromatic heterocycles. The van der Waals surface area contributed by atoms with Gasteiger partial charge in [0.2, 0.25) is 5.91 Å². The molecule has 156 valence electrons. The van der Waals surface area contributed by atoms with Gasteiger partial charge in [-0.2, -0.15) is 17.0 Å². The number of piperidine rings is 1. The lowest BCUT2D eigenvalue weighted by molar-refractivity contribution is -0.126. The fraction of sp³-hybridized carbons (Fsp3) is 0.650. The Morgan fingerprint density at radius 2 is 1.89 bits per heavy atom. The lowest BCUT2D eigenvalue weighted by atomic mass is 9.96. The molecule has 8 heteroatoms. The lowest BCUT2D eigenvalue weighted by Crippen LogP contribution is -2.52. The highest BCUT2D eigenvalue weighted by molar-refractivity contribution is 9.10. The van der Waals surface area contributed by atoms with Crippen molar-refractivity contribution in [2.75, 3.05) is 20.1 Å². The zero-order valence-corrected chi connectivity index (χ0v) is 18.8. The topological polar surface area (TPSA) is 69.7 Å². The molecule has 0 unspecified atom stereocenters. The second-order valence-electron chi connectivity index (χ2n) is 7.82. The number of benzene rings is 1. The van der Waals surface area contributed by atoms with Crippen LogP contribution in [0.2, 0.25) is 0 Å². The Labute approximate surface area is 177 Å². The van der Waals surface area contributed by atoms with Crippen molar-refractivity contribution in [1.29, 1.82) is 0 Å². The van der Waals surface area contributed by atoms with E-state index >= 15 is 0 Å². The third kappa shape index (κ3) is 5.14. The molecule has 0 spiro atoms. The summed E-state index contributed by atoms with van der Waals surface area (Å²) in [7, 11) is -1.83. The molecule has 28 heavy (non-hydrogen) atoms. The Morgan fingerprint density at radius 3 is 2.61 bits per heavy atom. The monoisotopic (exact) mass is 471 g/mol. The molecule has 2 fully saturated rings. The van der Waals surface area contributed by atoms with Crippen LogP contribution in [0, 0.1) is 5.92 Å². The normalized spacial score (nSPS) is 22.3. The van der Waals surface area contributed by atoms with Crippen molar-refractivity contribution in [3.8, 4) is 0 Å². The SMILES string of the molecule is CN(C1CCCCC1)S(=O)(=O)N1CCC[C@@H](C(=O)NCc2ccccc2Br)C1. The van der Waals surface area contributed by atoms with Crippen LogP contribution in [0.5, 0.6) is 0 Å². The summed E-state index contributed by atoms with van der Waals surface area (Å²) in [5.41, 5.74) is 1.01. The first-order chi connectivity index (χ1) is 13.4. The molecule has 1 aliphatic heterocycles. The van der Waals surface area contributed by atoms with Crippen molar-refractivity contribution in [1.82, 2.24) is 13.9 Å². The molecule has 1 aliphatic carbocycles. The Morgan fingerprint density at radius 1 is 1.18 bits per heavy atom. The smallest absolute Gasteiger partial charge is 0.281 e. The van der Waals surface area contributed by atoms with Crippen molar-refractivity contribution >= 4 is 32.0 Å². The van der Waals surface area contributed by atoms with Crippen molar-refractivity contribution < 1.29 is 13.2 Å². The molecule has 1 aromatic carbocycles. The summed E-state index contributed by atoms with van der Waals surface area (Å²) in [5, 5.41) is 2.97. The largest absolute Gasteiger partial charge is 0.352 e. The third-order valence-electron chi connectivity index (χ3n) is 5.94. The number of halogens is 1. The van der Waals surface area contributed by atoms with Gasteiger partial charge in [-0.05, 0) is 37.3 Å². The number of amides is 1. The zero-order valence-electron chi connectivity index (χ0n) is 16.4. The summed E-state index contributed by atoms with van der Waals surface area (Å²) >= 11 is 3.49. The summed E-state index contributed by atoms with van der Waals surface area (Å²) in [4.78, 5) is 12.7. The van der Waals surface area contributed by atoms with E-state index in [-0.39, 0.29) is 24.4 Å². The summed E-state index contributed by atoms with van der Waals surface area (Å²) in [6, 6.07) is 7.85. The van der Waals surface area contributed by atoms with Crippen molar-refractivity contribution in [2.24, 2.45) is 5.92 Å². The maximum Gasteiger partial charge on any atom is 0.281 e. The van der Waals surface area contributed by atoms with Gasteiger partial charge in [-0.15, -0.1) is 0 Å².